The molecular weight excluding hydrogens is 332 g/mol. The third-order valence-corrected chi connectivity index (χ3v) is 4.83. The Hall–Kier alpha value is -1.71. The lowest BCUT2D eigenvalue weighted by Gasteiger charge is -2.37. The van der Waals surface area contributed by atoms with Crippen LogP contribution in [0, 0.1) is 0 Å². The average molecular weight is 359 g/mol. The fraction of sp³-hybridized carbons (Fsp3) is 0.429. The molecule has 0 unspecified atom stereocenters. The summed E-state index contributed by atoms with van der Waals surface area (Å²) in [5, 5.41) is 0. The van der Waals surface area contributed by atoms with Crippen molar-refractivity contribution in [2.45, 2.75) is 32.4 Å². The van der Waals surface area contributed by atoms with Crippen molar-refractivity contribution >= 4 is 17.3 Å². The molecule has 1 heterocycles. The first-order valence-electron chi connectivity index (χ1n) is 9.02. The number of benzene rings is 2. The van der Waals surface area contributed by atoms with E-state index in [1.54, 1.807) is 0 Å². The average Bonchev–Trinajstić information content (AvgIpc) is 2.63. The Balaban J connectivity index is 1.58. The van der Waals surface area contributed by atoms with Gasteiger partial charge in [-0.05, 0) is 37.1 Å². The van der Waals surface area contributed by atoms with Gasteiger partial charge in [0.15, 0.2) is 0 Å². The summed E-state index contributed by atoms with van der Waals surface area (Å²) in [7, 11) is 0. The number of hydrogen-bond donors (Lipinski definition) is 0. The second-order valence-electron chi connectivity index (χ2n) is 6.85. The molecule has 4 heteroatoms. The van der Waals surface area contributed by atoms with E-state index in [-0.39, 0.29) is 6.10 Å². The van der Waals surface area contributed by atoms with E-state index < -0.39 is 0 Å². The van der Waals surface area contributed by atoms with Crippen molar-refractivity contribution in [2.75, 3.05) is 31.1 Å². The van der Waals surface area contributed by atoms with Gasteiger partial charge in [0.05, 0.1) is 11.8 Å². The monoisotopic (exact) mass is 358 g/mol. The predicted octanol–water partition coefficient (Wildman–Crippen LogP) is 4.53. The summed E-state index contributed by atoms with van der Waals surface area (Å²) >= 11 is 5.86. The third-order valence-electron chi connectivity index (χ3n) is 4.52. The Morgan fingerprint density at radius 2 is 1.56 bits per heavy atom. The van der Waals surface area contributed by atoms with Crippen LogP contribution in [0.5, 0.6) is 5.75 Å². The Morgan fingerprint density at radius 1 is 0.920 bits per heavy atom. The van der Waals surface area contributed by atoms with E-state index in [1.807, 2.05) is 6.07 Å². The van der Waals surface area contributed by atoms with Gasteiger partial charge in [0, 0.05) is 38.6 Å². The molecule has 3 rings (SSSR count). The van der Waals surface area contributed by atoms with Gasteiger partial charge in [-0.15, -0.1) is 11.6 Å². The van der Waals surface area contributed by atoms with E-state index in [0.717, 1.165) is 38.5 Å². The molecule has 0 N–H and O–H groups in total. The summed E-state index contributed by atoms with van der Waals surface area (Å²) in [4.78, 5) is 4.95. The number of halogens is 1. The summed E-state index contributed by atoms with van der Waals surface area (Å²) in [5.74, 6) is 1.57. The van der Waals surface area contributed by atoms with Gasteiger partial charge in [0.2, 0.25) is 0 Å². The van der Waals surface area contributed by atoms with E-state index in [0.29, 0.717) is 5.88 Å². The van der Waals surface area contributed by atoms with Gasteiger partial charge >= 0.3 is 0 Å². The summed E-state index contributed by atoms with van der Waals surface area (Å²) in [5.41, 5.74) is 3.74. The number of ether oxygens (including phenoxy) is 1. The minimum absolute atomic E-state index is 0.193. The molecule has 134 valence electrons. The highest BCUT2D eigenvalue weighted by atomic mass is 35.5. The Kier molecular flexibility index (Phi) is 6.22. The molecule has 0 radical (unpaired) electrons. The lowest BCUT2D eigenvalue weighted by molar-refractivity contribution is 0.235. The first-order valence-corrected chi connectivity index (χ1v) is 9.56. The summed E-state index contributed by atoms with van der Waals surface area (Å²) in [6.07, 6.45) is 0.193. The predicted molar refractivity (Wildman–Crippen MR) is 106 cm³/mol. The molecule has 0 bridgehead atoms. The highest BCUT2D eigenvalue weighted by Gasteiger charge is 2.20. The van der Waals surface area contributed by atoms with Crippen molar-refractivity contribution in [3.8, 4) is 5.75 Å². The number of alkyl halides is 1. The highest BCUT2D eigenvalue weighted by molar-refractivity contribution is 6.17. The number of para-hydroxylation sites is 2. The topological polar surface area (TPSA) is 15.7 Å². The summed E-state index contributed by atoms with van der Waals surface area (Å²) in [6, 6.07) is 17.0. The summed E-state index contributed by atoms with van der Waals surface area (Å²) in [6.45, 7) is 9.33. The fourth-order valence-electron chi connectivity index (χ4n) is 3.21. The smallest absolute Gasteiger partial charge is 0.142 e. The second-order valence-corrected chi connectivity index (χ2v) is 7.11. The maximum atomic E-state index is 5.98. The SMILES string of the molecule is CC(C)Oc1ccccc1N1CCN(Cc2ccc(CCl)cc2)CC1. The quantitative estimate of drug-likeness (QED) is 0.705. The van der Waals surface area contributed by atoms with Gasteiger partial charge in [-0.1, -0.05) is 36.4 Å². The molecular formula is C21H27ClN2O. The highest BCUT2D eigenvalue weighted by Crippen LogP contribution is 2.29. The molecule has 1 aliphatic rings. The normalized spacial score (nSPS) is 15.6. The van der Waals surface area contributed by atoms with Crippen LogP contribution in [0.2, 0.25) is 0 Å². The lowest BCUT2D eigenvalue weighted by atomic mass is 10.1. The van der Waals surface area contributed by atoms with Crippen molar-refractivity contribution in [1.29, 1.82) is 0 Å². The maximum absolute atomic E-state index is 5.98. The van der Waals surface area contributed by atoms with Crippen LogP contribution in [0.25, 0.3) is 0 Å². The standard InChI is InChI=1S/C21H27ClN2O/c1-17(2)25-21-6-4-3-5-20(21)24-13-11-23(12-14-24)16-19-9-7-18(15-22)8-10-19/h3-10,17H,11-16H2,1-2H3. The summed E-state index contributed by atoms with van der Waals surface area (Å²) < 4.78 is 5.98. The van der Waals surface area contributed by atoms with Crippen LogP contribution in [0.3, 0.4) is 0 Å². The molecule has 1 saturated heterocycles. The molecule has 2 aromatic rings. The number of hydrogen-bond acceptors (Lipinski definition) is 3. The molecule has 0 amide bonds. The minimum atomic E-state index is 0.193. The van der Waals surface area contributed by atoms with Crippen LogP contribution in [0.1, 0.15) is 25.0 Å². The zero-order chi connectivity index (χ0) is 17.6. The van der Waals surface area contributed by atoms with Gasteiger partial charge in [-0.25, -0.2) is 0 Å². The van der Waals surface area contributed by atoms with Crippen LogP contribution in [-0.4, -0.2) is 37.2 Å². The van der Waals surface area contributed by atoms with E-state index in [9.17, 15) is 0 Å². The number of rotatable bonds is 6. The van der Waals surface area contributed by atoms with Crippen molar-refractivity contribution in [3.63, 3.8) is 0 Å². The van der Waals surface area contributed by atoms with Crippen molar-refractivity contribution in [3.05, 3.63) is 59.7 Å². The Morgan fingerprint density at radius 3 is 2.20 bits per heavy atom. The van der Waals surface area contributed by atoms with Crippen LogP contribution >= 0.6 is 11.6 Å². The molecule has 2 aromatic carbocycles. The van der Waals surface area contributed by atoms with Crippen LogP contribution in [0.15, 0.2) is 48.5 Å². The zero-order valence-corrected chi connectivity index (χ0v) is 15.9. The first-order chi connectivity index (χ1) is 12.2. The van der Waals surface area contributed by atoms with E-state index in [2.05, 4.69) is 66.1 Å². The number of nitrogens with zero attached hydrogens (tertiary/aromatic N) is 2. The molecule has 25 heavy (non-hydrogen) atoms. The van der Waals surface area contributed by atoms with Gasteiger partial charge in [-0.3, -0.25) is 4.90 Å². The van der Waals surface area contributed by atoms with Crippen LogP contribution in [-0.2, 0) is 12.4 Å². The van der Waals surface area contributed by atoms with Gasteiger partial charge < -0.3 is 9.64 Å². The van der Waals surface area contributed by atoms with E-state index in [4.69, 9.17) is 16.3 Å². The Labute approximate surface area is 156 Å². The maximum Gasteiger partial charge on any atom is 0.142 e. The first kappa shape index (κ1) is 18.1. The molecule has 0 spiro atoms. The molecule has 1 fully saturated rings. The molecule has 3 nitrogen and oxygen atoms in total. The van der Waals surface area contributed by atoms with Crippen molar-refractivity contribution < 1.29 is 4.74 Å². The molecule has 0 aliphatic carbocycles. The van der Waals surface area contributed by atoms with Gasteiger partial charge in [0.1, 0.15) is 5.75 Å². The fourth-order valence-corrected chi connectivity index (χ4v) is 3.39. The van der Waals surface area contributed by atoms with Crippen molar-refractivity contribution in [1.82, 2.24) is 4.90 Å². The van der Waals surface area contributed by atoms with Gasteiger partial charge in [0.25, 0.3) is 0 Å². The number of anilines is 1. The van der Waals surface area contributed by atoms with Crippen LogP contribution < -0.4 is 9.64 Å². The number of piperazine rings is 1. The second kappa shape index (κ2) is 8.59. The molecule has 1 aliphatic heterocycles. The molecule has 0 atom stereocenters. The Bertz CT molecular complexity index is 664. The van der Waals surface area contributed by atoms with E-state index in [1.165, 1.54) is 16.8 Å². The van der Waals surface area contributed by atoms with Crippen molar-refractivity contribution in [2.24, 2.45) is 0 Å². The third kappa shape index (κ3) is 4.90. The molecule has 0 saturated carbocycles. The lowest BCUT2D eigenvalue weighted by Crippen LogP contribution is -2.46. The van der Waals surface area contributed by atoms with E-state index >= 15 is 0 Å². The van der Waals surface area contributed by atoms with Gasteiger partial charge in [-0.2, -0.15) is 0 Å². The minimum Gasteiger partial charge on any atom is -0.489 e. The molecule has 0 aromatic heterocycles. The van der Waals surface area contributed by atoms with Crippen LogP contribution in [0.4, 0.5) is 5.69 Å². The zero-order valence-electron chi connectivity index (χ0n) is 15.1. The largest absolute Gasteiger partial charge is 0.489 e.